The summed E-state index contributed by atoms with van der Waals surface area (Å²) in [5, 5.41) is 5.92. The van der Waals surface area contributed by atoms with E-state index in [1.54, 1.807) is 21.8 Å². The van der Waals surface area contributed by atoms with Crippen LogP contribution in [0.1, 0.15) is 27.5 Å². The minimum Gasteiger partial charge on any atom is -0.383 e. The molecule has 10 heteroatoms. The number of ether oxygens (including phenoxy) is 1. The number of aromatic nitrogens is 5. The Bertz CT molecular complexity index is 1590. The molecule has 9 nitrogen and oxygen atoms in total. The van der Waals surface area contributed by atoms with E-state index in [0.29, 0.717) is 24.6 Å². The molecule has 0 aliphatic carbocycles. The average molecular weight is 506 g/mol. The zero-order valence-corrected chi connectivity index (χ0v) is 19.6. The zero-order valence-electron chi connectivity index (χ0n) is 18.0. The summed E-state index contributed by atoms with van der Waals surface area (Å²) in [6.07, 6.45) is 5.57. The van der Waals surface area contributed by atoms with E-state index in [1.807, 2.05) is 49.1 Å². The van der Waals surface area contributed by atoms with Gasteiger partial charge >= 0.3 is 0 Å². The Morgan fingerprint density at radius 1 is 1.27 bits per heavy atom. The second kappa shape index (κ2) is 7.26. The van der Waals surface area contributed by atoms with Gasteiger partial charge in [-0.25, -0.2) is 9.97 Å². The van der Waals surface area contributed by atoms with Crippen LogP contribution in [0.2, 0.25) is 0 Å². The lowest BCUT2D eigenvalue weighted by Gasteiger charge is -2.33. The standard InChI is InChI=1S/C23H20BrN7O2/c1-29(18-11-33-10-16-13(18)5-6-31-9-19(24)28-22(16)31)23(32)12-3-4-17-14(7-12)20-15(21(25)27-17)8-26-30(20)2/h3-9,18H,10-11H2,1-2H3,(H2,25,27). The number of amides is 1. The van der Waals surface area contributed by atoms with Gasteiger partial charge < -0.3 is 19.8 Å². The van der Waals surface area contributed by atoms with Crippen molar-refractivity contribution in [2.45, 2.75) is 12.6 Å². The van der Waals surface area contributed by atoms with Crippen molar-refractivity contribution in [2.24, 2.45) is 7.05 Å². The first-order valence-corrected chi connectivity index (χ1v) is 11.2. The number of rotatable bonds is 2. The Balaban J connectivity index is 1.42. The van der Waals surface area contributed by atoms with Crippen LogP contribution in [-0.2, 0) is 18.4 Å². The quantitative estimate of drug-likeness (QED) is 0.394. The van der Waals surface area contributed by atoms with E-state index in [9.17, 15) is 4.79 Å². The molecule has 0 radical (unpaired) electrons. The van der Waals surface area contributed by atoms with Gasteiger partial charge in [-0.3, -0.25) is 9.48 Å². The first kappa shape index (κ1) is 20.1. The fourth-order valence-corrected chi connectivity index (χ4v) is 5.06. The number of hydrogen-bond donors (Lipinski definition) is 1. The SMILES string of the molecule is CN(C(=O)c1ccc2nc(N)c3cnn(C)c3c2c1)C1COCc2c1ccn1cc(Br)nc21. The summed E-state index contributed by atoms with van der Waals surface area (Å²) < 4.78 is 10.4. The highest BCUT2D eigenvalue weighted by Crippen LogP contribution is 2.33. The highest BCUT2D eigenvalue weighted by molar-refractivity contribution is 9.10. The van der Waals surface area contributed by atoms with Crippen LogP contribution in [0.15, 0.2) is 47.5 Å². The molecule has 5 aromatic rings. The minimum atomic E-state index is -0.223. The number of carbonyl (C=O) groups is 1. The van der Waals surface area contributed by atoms with Crippen LogP contribution in [-0.4, -0.2) is 48.6 Å². The van der Waals surface area contributed by atoms with Crippen molar-refractivity contribution < 1.29 is 9.53 Å². The highest BCUT2D eigenvalue weighted by atomic mass is 79.9. The Labute approximate surface area is 196 Å². The van der Waals surface area contributed by atoms with Gasteiger partial charge in [-0.05, 0) is 45.8 Å². The molecule has 4 aromatic heterocycles. The summed E-state index contributed by atoms with van der Waals surface area (Å²) in [5.41, 5.74) is 11.1. The number of aryl methyl sites for hydroxylation is 1. The molecule has 166 valence electrons. The molecule has 1 aromatic carbocycles. The topological polar surface area (TPSA) is 104 Å². The molecule has 5 heterocycles. The maximum Gasteiger partial charge on any atom is 0.254 e. The van der Waals surface area contributed by atoms with Gasteiger partial charge in [-0.2, -0.15) is 5.10 Å². The third-order valence-corrected chi connectivity index (χ3v) is 6.74. The van der Waals surface area contributed by atoms with Gasteiger partial charge in [-0.1, -0.05) is 0 Å². The van der Waals surface area contributed by atoms with E-state index in [0.717, 1.165) is 43.2 Å². The number of nitrogen functional groups attached to an aromatic ring is 1. The average Bonchev–Trinajstić information content (AvgIpc) is 3.40. The van der Waals surface area contributed by atoms with E-state index in [2.05, 4.69) is 31.0 Å². The number of anilines is 1. The lowest BCUT2D eigenvalue weighted by atomic mass is 9.98. The summed E-state index contributed by atoms with van der Waals surface area (Å²) in [6, 6.07) is 7.30. The largest absolute Gasteiger partial charge is 0.383 e. The van der Waals surface area contributed by atoms with Crippen molar-refractivity contribution >= 4 is 55.1 Å². The van der Waals surface area contributed by atoms with Crippen LogP contribution < -0.4 is 5.73 Å². The normalized spacial score (nSPS) is 15.9. The smallest absolute Gasteiger partial charge is 0.254 e. The van der Waals surface area contributed by atoms with Crippen LogP contribution in [0, 0.1) is 0 Å². The van der Waals surface area contributed by atoms with Gasteiger partial charge in [0, 0.05) is 43.0 Å². The lowest BCUT2D eigenvalue weighted by molar-refractivity contribution is 0.0349. The van der Waals surface area contributed by atoms with Crippen molar-refractivity contribution in [2.75, 3.05) is 19.4 Å². The second-order valence-electron chi connectivity index (χ2n) is 8.25. The number of fused-ring (bicyclic) bond motifs is 6. The van der Waals surface area contributed by atoms with E-state index in [4.69, 9.17) is 10.5 Å². The van der Waals surface area contributed by atoms with Gasteiger partial charge in [0.05, 0.1) is 41.9 Å². The molecule has 2 N–H and O–H groups in total. The fourth-order valence-electron chi connectivity index (χ4n) is 4.67. The molecule has 33 heavy (non-hydrogen) atoms. The first-order valence-electron chi connectivity index (χ1n) is 10.4. The van der Waals surface area contributed by atoms with Gasteiger partial charge in [0.25, 0.3) is 5.91 Å². The number of benzene rings is 1. The lowest BCUT2D eigenvalue weighted by Crippen LogP contribution is -2.36. The van der Waals surface area contributed by atoms with E-state index >= 15 is 0 Å². The summed E-state index contributed by atoms with van der Waals surface area (Å²) >= 11 is 3.44. The Kier molecular flexibility index (Phi) is 4.43. The third kappa shape index (κ3) is 3.01. The number of carbonyl (C=O) groups excluding carboxylic acids is 1. The molecule has 6 rings (SSSR count). The number of nitrogens with two attached hydrogens (primary N) is 1. The Hall–Kier alpha value is -3.50. The maximum atomic E-state index is 13.6. The molecule has 1 atom stereocenters. The van der Waals surface area contributed by atoms with Crippen LogP contribution in [0.5, 0.6) is 0 Å². The Morgan fingerprint density at radius 2 is 2.12 bits per heavy atom. The molecule has 0 saturated carbocycles. The van der Waals surface area contributed by atoms with Crippen molar-refractivity contribution in [3.05, 3.63) is 64.1 Å². The molecule has 0 fully saturated rings. The molecule has 0 saturated heterocycles. The van der Waals surface area contributed by atoms with Gasteiger partial charge in [-0.15, -0.1) is 0 Å². The van der Waals surface area contributed by atoms with Gasteiger partial charge in [0.2, 0.25) is 0 Å². The number of nitrogens with zero attached hydrogens (tertiary/aromatic N) is 6. The van der Waals surface area contributed by atoms with Crippen molar-refractivity contribution in [1.29, 1.82) is 0 Å². The van der Waals surface area contributed by atoms with Crippen LogP contribution in [0.3, 0.4) is 0 Å². The van der Waals surface area contributed by atoms with E-state index in [-0.39, 0.29) is 11.9 Å². The molecule has 1 aliphatic heterocycles. The van der Waals surface area contributed by atoms with Crippen molar-refractivity contribution in [3.8, 4) is 0 Å². The summed E-state index contributed by atoms with van der Waals surface area (Å²) in [7, 11) is 3.66. The zero-order chi connectivity index (χ0) is 22.9. The summed E-state index contributed by atoms with van der Waals surface area (Å²) in [4.78, 5) is 24.3. The van der Waals surface area contributed by atoms with Crippen LogP contribution in [0.25, 0.3) is 27.5 Å². The highest BCUT2D eigenvalue weighted by Gasteiger charge is 2.30. The summed E-state index contributed by atoms with van der Waals surface area (Å²) in [6.45, 7) is 0.883. The van der Waals surface area contributed by atoms with Gasteiger partial charge in [0.15, 0.2) is 0 Å². The van der Waals surface area contributed by atoms with Crippen LogP contribution in [0.4, 0.5) is 5.82 Å². The maximum absolute atomic E-state index is 13.6. The van der Waals surface area contributed by atoms with Crippen molar-refractivity contribution in [1.82, 2.24) is 29.0 Å². The predicted molar refractivity (Wildman–Crippen MR) is 128 cm³/mol. The molecule has 0 spiro atoms. The van der Waals surface area contributed by atoms with Crippen molar-refractivity contribution in [3.63, 3.8) is 0 Å². The second-order valence-corrected chi connectivity index (χ2v) is 9.06. The molecule has 1 unspecified atom stereocenters. The van der Waals surface area contributed by atoms with E-state index in [1.165, 1.54) is 0 Å². The van der Waals surface area contributed by atoms with Gasteiger partial charge in [0.1, 0.15) is 16.1 Å². The molecule has 1 aliphatic rings. The number of likely N-dealkylation sites (N-methyl/N-ethyl adjacent to an activating group) is 1. The molecule has 0 bridgehead atoms. The third-order valence-electron chi connectivity index (χ3n) is 6.36. The monoisotopic (exact) mass is 505 g/mol. The first-order chi connectivity index (χ1) is 15.9. The number of halogens is 1. The minimum absolute atomic E-state index is 0.102. The van der Waals surface area contributed by atoms with E-state index < -0.39 is 0 Å². The molecular formula is C23H20BrN7O2. The summed E-state index contributed by atoms with van der Waals surface area (Å²) in [5.74, 6) is 0.324. The fraction of sp³-hybridized carbons (Fsp3) is 0.217. The number of hydrogen-bond acceptors (Lipinski definition) is 6. The number of imidazole rings is 1. The Morgan fingerprint density at radius 3 is 2.97 bits per heavy atom. The predicted octanol–water partition coefficient (Wildman–Crippen LogP) is 3.46. The van der Waals surface area contributed by atoms with Crippen LogP contribution >= 0.6 is 15.9 Å². The molecule has 1 amide bonds. The molecular weight excluding hydrogens is 486 g/mol. The number of pyridine rings is 2.